The zero-order valence-corrected chi connectivity index (χ0v) is 17.0. The van der Waals surface area contributed by atoms with Crippen molar-refractivity contribution in [1.29, 1.82) is 0 Å². The van der Waals surface area contributed by atoms with E-state index in [0.717, 1.165) is 19.3 Å². The zero-order valence-electron chi connectivity index (χ0n) is 16.2. The fourth-order valence-electron chi connectivity index (χ4n) is 4.33. The standard InChI is InChI=1S/C21H28ClNO4/c1-4-11-21(12-20(2,13-26-3)19(25)27-21)18(24)23-17-10-9-16(17)14-5-7-15(22)8-6-14/h5-8,16-17H,4,9-13H2,1-3H3,(H,23,24)/t16-,17-,20-,21-/m0/s1. The summed E-state index contributed by atoms with van der Waals surface area (Å²) in [6.07, 6.45) is 3.57. The fraction of sp³-hybridized carbons (Fsp3) is 0.619. The van der Waals surface area contributed by atoms with Crippen LogP contribution in [0.5, 0.6) is 0 Å². The van der Waals surface area contributed by atoms with Gasteiger partial charge in [-0.05, 0) is 43.9 Å². The minimum atomic E-state index is -1.10. The first-order chi connectivity index (χ1) is 12.8. The molecule has 1 N–H and O–H groups in total. The third-order valence-electron chi connectivity index (χ3n) is 5.88. The summed E-state index contributed by atoms with van der Waals surface area (Å²) in [7, 11) is 1.56. The first-order valence-electron chi connectivity index (χ1n) is 9.62. The second kappa shape index (κ2) is 7.80. The van der Waals surface area contributed by atoms with Crippen LogP contribution in [0.2, 0.25) is 5.02 Å². The van der Waals surface area contributed by atoms with Crippen LogP contribution >= 0.6 is 11.6 Å². The minimum absolute atomic E-state index is 0.0559. The summed E-state index contributed by atoms with van der Waals surface area (Å²) in [6, 6.07) is 7.83. The maximum absolute atomic E-state index is 13.2. The number of methoxy groups -OCH3 is 1. The summed E-state index contributed by atoms with van der Waals surface area (Å²) in [4.78, 5) is 25.7. The normalized spacial score (nSPS) is 32.7. The van der Waals surface area contributed by atoms with Crippen LogP contribution in [0, 0.1) is 5.41 Å². The van der Waals surface area contributed by atoms with Crippen molar-refractivity contribution in [2.75, 3.05) is 13.7 Å². The number of carbonyl (C=O) groups is 2. The molecule has 1 saturated carbocycles. The Bertz CT molecular complexity index is 707. The molecule has 1 aliphatic carbocycles. The van der Waals surface area contributed by atoms with E-state index < -0.39 is 11.0 Å². The van der Waals surface area contributed by atoms with E-state index >= 15 is 0 Å². The summed E-state index contributed by atoms with van der Waals surface area (Å²) >= 11 is 5.98. The maximum atomic E-state index is 13.2. The summed E-state index contributed by atoms with van der Waals surface area (Å²) in [5.74, 6) is -0.260. The van der Waals surface area contributed by atoms with Crippen LogP contribution in [0.25, 0.3) is 0 Å². The fourth-order valence-corrected chi connectivity index (χ4v) is 4.46. The molecule has 1 amide bonds. The SMILES string of the molecule is CCC[C@@]1(C(=O)N[C@H]2CC[C@H]2c2ccc(Cl)cc2)C[C@@](C)(COC)C(=O)O1. The average molecular weight is 394 g/mol. The zero-order chi connectivity index (χ0) is 19.7. The van der Waals surface area contributed by atoms with Crippen LogP contribution < -0.4 is 5.32 Å². The van der Waals surface area contributed by atoms with Gasteiger partial charge >= 0.3 is 5.97 Å². The van der Waals surface area contributed by atoms with E-state index in [1.807, 2.05) is 38.1 Å². The molecule has 27 heavy (non-hydrogen) atoms. The number of esters is 1. The first-order valence-corrected chi connectivity index (χ1v) is 10.0. The Morgan fingerprint density at radius 3 is 2.59 bits per heavy atom. The smallest absolute Gasteiger partial charge is 0.315 e. The number of hydrogen-bond donors (Lipinski definition) is 1. The Morgan fingerprint density at radius 1 is 1.33 bits per heavy atom. The molecule has 1 heterocycles. The van der Waals surface area contributed by atoms with Crippen LogP contribution in [0.3, 0.4) is 0 Å². The molecule has 2 fully saturated rings. The molecule has 1 saturated heterocycles. The van der Waals surface area contributed by atoms with Crippen LogP contribution in [0.1, 0.15) is 57.4 Å². The number of ether oxygens (including phenoxy) is 2. The molecule has 0 spiro atoms. The molecule has 1 aliphatic heterocycles. The summed E-state index contributed by atoms with van der Waals surface area (Å²) in [5.41, 5.74) is -0.705. The van der Waals surface area contributed by atoms with Gasteiger partial charge in [-0.2, -0.15) is 0 Å². The molecule has 5 nitrogen and oxygen atoms in total. The molecular weight excluding hydrogens is 366 g/mol. The van der Waals surface area contributed by atoms with Gasteiger partial charge in [-0.15, -0.1) is 0 Å². The molecule has 0 radical (unpaired) electrons. The molecule has 0 unspecified atom stereocenters. The van der Waals surface area contributed by atoms with Gasteiger partial charge in [0, 0.05) is 30.5 Å². The molecule has 4 atom stereocenters. The van der Waals surface area contributed by atoms with E-state index in [9.17, 15) is 9.59 Å². The van der Waals surface area contributed by atoms with Crippen molar-refractivity contribution in [1.82, 2.24) is 5.32 Å². The van der Waals surface area contributed by atoms with E-state index in [1.54, 1.807) is 7.11 Å². The number of amides is 1. The van der Waals surface area contributed by atoms with Gasteiger partial charge in [-0.1, -0.05) is 37.1 Å². The van der Waals surface area contributed by atoms with E-state index in [1.165, 1.54) is 5.56 Å². The topological polar surface area (TPSA) is 64.6 Å². The molecular formula is C21H28ClNO4. The maximum Gasteiger partial charge on any atom is 0.315 e. The Balaban J connectivity index is 1.73. The third-order valence-corrected chi connectivity index (χ3v) is 6.13. The van der Waals surface area contributed by atoms with Crippen molar-refractivity contribution in [3.8, 4) is 0 Å². The number of carbonyl (C=O) groups excluding carboxylic acids is 2. The van der Waals surface area contributed by atoms with E-state index in [0.29, 0.717) is 17.9 Å². The minimum Gasteiger partial charge on any atom is -0.448 e. The molecule has 1 aromatic carbocycles. The van der Waals surface area contributed by atoms with Crippen LogP contribution in [-0.4, -0.2) is 37.2 Å². The molecule has 1 aromatic rings. The van der Waals surface area contributed by atoms with Crippen LogP contribution in [-0.2, 0) is 19.1 Å². The van der Waals surface area contributed by atoms with Gasteiger partial charge in [-0.25, -0.2) is 0 Å². The summed E-state index contributed by atoms with van der Waals surface area (Å²) < 4.78 is 10.9. The van der Waals surface area contributed by atoms with Crippen molar-refractivity contribution in [3.63, 3.8) is 0 Å². The predicted octanol–water partition coefficient (Wildman–Crippen LogP) is 3.84. The number of benzene rings is 1. The van der Waals surface area contributed by atoms with Gasteiger partial charge in [0.15, 0.2) is 5.60 Å². The highest BCUT2D eigenvalue weighted by molar-refractivity contribution is 6.30. The number of rotatable bonds is 7. The third kappa shape index (κ3) is 3.85. The van der Waals surface area contributed by atoms with Crippen molar-refractivity contribution in [2.45, 2.75) is 63.5 Å². The van der Waals surface area contributed by atoms with Crippen LogP contribution in [0.15, 0.2) is 24.3 Å². The highest BCUT2D eigenvalue weighted by Crippen LogP contribution is 2.44. The van der Waals surface area contributed by atoms with Crippen LogP contribution in [0.4, 0.5) is 0 Å². The number of nitrogens with one attached hydrogen (secondary N) is 1. The van der Waals surface area contributed by atoms with Gasteiger partial charge in [-0.3, -0.25) is 9.59 Å². The van der Waals surface area contributed by atoms with Crippen molar-refractivity contribution < 1.29 is 19.1 Å². The lowest BCUT2D eigenvalue weighted by molar-refractivity contribution is -0.163. The lowest BCUT2D eigenvalue weighted by Gasteiger charge is -2.39. The van der Waals surface area contributed by atoms with Crippen molar-refractivity contribution >= 4 is 23.5 Å². The predicted molar refractivity (Wildman–Crippen MR) is 104 cm³/mol. The Kier molecular flexibility index (Phi) is 5.82. The monoisotopic (exact) mass is 393 g/mol. The van der Waals surface area contributed by atoms with Crippen molar-refractivity contribution in [2.24, 2.45) is 5.41 Å². The molecule has 148 valence electrons. The number of cyclic esters (lactones) is 1. The van der Waals surface area contributed by atoms with Gasteiger partial charge < -0.3 is 14.8 Å². The highest BCUT2D eigenvalue weighted by Gasteiger charge is 2.58. The second-order valence-corrected chi connectivity index (χ2v) is 8.56. The van der Waals surface area contributed by atoms with Crippen molar-refractivity contribution in [3.05, 3.63) is 34.9 Å². The summed E-state index contributed by atoms with van der Waals surface area (Å²) in [5, 5.41) is 3.86. The number of halogens is 1. The lowest BCUT2D eigenvalue weighted by atomic mass is 9.74. The molecule has 3 rings (SSSR count). The molecule has 0 bridgehead atoms. The molecule has 6 heteroatoms. The largest absolute Gasteiger partial charge is 0.448 e. The molecule has 2 aliphatic rings. The van der Waals surface area contributed by atoms with Gasteiger partial charge in [0.1, 0.15) is 0 Å². The van der Waals surface area contributed by atoms with Gasteiger partial charge in [0.2, 0.25) is 0 Å². The second-order valence-electron chi connectivity index (χ2n) is 8.12. The molecule has 0 aromatic heterocycles. The quantitative estimate of drug-likeness (QED) is 0.715. The first kappa shape index (κ1) is 20.2. The highest BCUT2D eigenvalue weighted by atomic mass is 35.5. The lowest BCUT2D eigenvalue weighted by Crippen LogP contribution is -2.54. The Labute approximate surface area is 165 Å². The van der Waals surface area contributed by atoms with E-state index in [2.05, 4.69) is 5.32 Å². The van der Waals surface area contributed by atoms with Gasteiger partial charge in [0.05, 0.1) is 12.0 Å². The van der Waals surface area contributed by atoms with E-state index in [-0.39, 0.29) is 30.4 Å². The average Bonchev–Trinajstić information content (AvgIpc) is 2.85. The summed E-state index contributed by atoms with van der Waals surface area (Å²) in [6.45, 7) is 4.06. The van der Waals surface area contributed by atoms with E-state index in [4.69, 9.17) is 21.1 Å². The van der Waals surface area contributed by atoms with Gasteiger partial charge in [0.25, 0.3) is 5.91 Å². The Hall–Kier alpha value is -1.59. The number of hydrogen-bond acceptors (Lipinski definition) is 4. The Morgan fingerprint density at radius 2 is 2.04 bits per heavy atom.